The summed E-state index contributed by atoms with van der Waals surface area (Å²) in [5.74, 6) is 1.76. The molecule has 0 amide bonds. The molecular weight excluding hydrogens is 250 g/mol. The van der Waals surface area contributed by atoms with Crippen LogP contribution in [0.1, 0.15) is 48.0 Å². The summed E-state index contributed by atoms with van der Waals surface area (Å²) < 4.78 is 5.73. The third-order valence-electron chi connectivity index (χ3n) is 4.41. The summed E-state index contributed by atoms with van der Waals surface area (Å²) in [5.41, 5.74) is 1.99. The molecule has 0 aliphatic carbocycles. The van der Waals surface area contributed by atoms with Crippen LogP contribution in [0.4, 0.5) is 0 Å². The molecule has 1 aromatic carbocycles. The monoisotopic (exact) mass is 273 g/mol. The topological polar surface area (TPSA) is 38.3 Å². The zero-order valence-electron chi connectivity index (χ0n) is 12.0. The quantitative estimate of drug-likeness (QED) is 0.857. The highest BCUT2D eigenvalue weighted by atomic mass is 16.5. The molecule has 3 nitrogen and oxygen atoms in total. The molecule has 0 aromatic heterocycles. The first-order chi connectivity index (χ1) is 9.84. The van der Waals surface area contributed by atoms with Gasteiger partial charge < -0.3 is 10.1 Å². The Hall–Kier alpha value is -1.35. The number of piperidine rings is 1. The van der Waals surface area contributed by atoms with Crippen molar-refractivity contribution < 1.29 is 9.53 Å². The van der Waals surface area contributed by atoms with Gasteiger partial charge in [0.15, 0.2) is 5.78 Å². The summed E-state index contributed by atoms with van der Waals surface area (Å²) in [4.78, 5) is 12.5. The Morgan fingerprint density at radius 2 is 2.30 bits per heavy atom. The largest absolute Gasteiger partial charge is 0.493 e. The SMILES string of the molecule is O=C(CCC1CCCNC1)c1cccc2c1OCCC2. The third kappa shape index (κ3) is 3.04. The van der Waals surface area contributed by atoms with Crippen LogP contribution in [0.15, 0.2) is 18.2 Å². The second-order valence-electron chi connectivity index (χ2n) is 5.92. The van der Waals surface area contributed by atoms with E-state index in [4.69, 9.17) is 4.74 Å². The maximum absolute atomic E-state index is 12.5. The summed E-state index contributed by atoms with van der Waals surface area (Å²) in [7, 11) is 0. The van der Waals surface area contributed by atoms with E-state index < -0.39 is 0 Å². The Kier molecular flexibility index (Phi) is 4.36. The summed E-state index contributed by atoms with van der Waals surface area (Å²) in [6.45, 7) is 2.94. The van der Waals surface area contributed by atoms with Gasteiger partial charge in [-0.15, -0.1) is 0 Å². The molecular formula is C17H23NO2. The van der Waals surface area contributed by atoms with Gasteiger partial charge in [-0.25, -0.2) is 0 Å². The highest BCUT2D eigenvalue weighted by molar-refractivity contribution is 5.99. The van der Waals surface area contributed by atoms with Crippen molar-refractivity contribution in [3.8, 4) is 5.75 Å². The van der Waals surface area contributed by atoms with E-state index >= 15 is 0 Å². The van der Waals surface area contributed by atoms with Gasteiger partial charge >= 0.3 is 0 Å². The fourth-order valence-corrected chi connectivity index (χ4v) is 3.25. The lowest BCUT2D eigenvalue weighted by Crippen LogP contribution is -2.30. The number of hydrogen-bond donors (Lipinski definition) is 1. The minimum absolute atomic E-state index is 0.245. The number of ether oxygens (including phenoxy) is 1. The first kappa shape index (κ1) is 13.6. The normalized spacial score (nSPS) is 21.9. The van der Waals surface area contributed by atoms with E-state index in [1.807, 2.05) is 12.1 Å². The van der Waals surface area contributed by atoms with E-state index in [9.17, 15) is 4.79 Å². The molecule has 1 N–H and O–H groups in total. The predicted octanol–water partition coefficient (Wildman–Crippen LogP) is 2.97. The molecule has 1 unspecified atom stereocenters. The Morgan fingerprint density at radius 1 is 1.35 bits per heavy atom. The Labute approximate surface area is 120 Å². The first-order valence-electron chi connectivity index (χ1n) is 7.83. The van der Waals surface area contributed by atoms with Gasteiger partial charge in [0, 0.05) is 6.42 Å². The highest BCUT2D eigenvalue weighted by Crippen LogP contribution is 2.30. The number of ketones is 1. The number of carbonyl (C=O) groups is 1. The number of nitrogens with one attached hydrogen (secondary N) is 1. The molecule has 0 radical (unpaired) electrons. The van der Waals surface area contributed by atoms with Gasteiger partial charge in [0.25, 0.3) is 0 Å². The van der Waals surface area contributed by atoms with Crippen LogP contribution in [0.3, 0.4) is 0 Å². The fraction of sp³-hybridized carbons (Fsp3) is 0.588. The average Bonchev–Trinajstić information content (AvgIpc) is 2.53. The smallest absolute Gasteiger partial charge is 0.166 e. The molecule has 108 valence electrons. The van der Waals surface area contributed by atoms with Crippen molar-refractivity contribution in [3.63, 3.8) is 0 Å². The summed E-state index contributed by atoms with van der Waals surface area (Å²) in [6.07, 6.45) is 6.22. The number of hydrogen-bond acceptors (Lipinski definition) is 3. The lowest BCUT2D eigenvalue weighted by Gasteiger charge is -2.23. The minimum Gasteiger partial charge on any atom is -0.493 e. The highest BCUT2D eigenvalue weighted by Gasteiger charge is 2.20. The molecule has 1 saturated heterocycles. The molecule has 2 aliphatic heterocycles. The Bertz CT molecular complexity index is 478. The van der Waals surface area contributed by atoms with Crippen LogP contribution in [0.2, 0.25) is 0 Å². The second kappa shape index (κ2) is 6.40. The molecule has 2 aliphatic rings. The van der Waals surface area contributed by atoms with Crippen molar-refractivity contribution in [1.82, 2.24) is 5.32 Å². The lowest BCUT2D eigenvalue weighted by molar-refractivity contribution is 0.0966. The summed E-state index contributed by atoms with van der Waals surface area (Å²) >= 11 is 0. The number of rotatable bonds is 4. The van der Waals surface area contributed by atoms with Crippen LogP contribution < -0.4 is 10.1 Å². The lowest BCUT2D eigenvalue weighted by atomic mass is 9.91. The van der Waals surface area contributed by atoms with E-state index in [0.717, 1.165) is 50.3 Å². The van der Waals surface area contributed by atoms with Crippen LogP contribution in [0.25, 0.3) is 0 Å². The van der Waals surface area contributed by atoms with Crippen molar-refractivity contribution in [3.05, 3.63) is 29.3 Å². The van der Waals surface area contributed by atoms with Gasteiger partial charge in [-0.2, -0.15) is 0 Å². The third-order valence-corrected chi connectivity index (χ3v) is 4.41. The number of carbonyl (C=O) groups excluding carboxylic acids is 1. The van der Waals surface area contributed by atoms with Gasteiger partial charge in [0.2, 0.25) is 0 Å². The second-order valence-corrected chi connectivity index (χ2v) is 5.92. The maximum Gasteiger partial charge on any atom is 0.166 e. The molecule has 20 heavy (non-hydrogen) atoms. The molecule has 3 rings (SSSR count). The van der Waals surface area contributed by atoms with Crippen molar-refractivity contribution >= 4 is 5.78 Å². The standard InChI is InChI=1S/C17H23NO2/c19-16(9-8-13-4-2-10-18-12-13)15-7-1-5-14-6-3-11-20-17(14)15/h1,5,7,13,18H,2-4,6,8-12H2. The van der Waals surface area contributed by atoms with E-state index in [-0.39, 0.29) is 5.78 Å². The van der Waals surface area contributed by atoms with Gasteiger partial charge in [0.1, 0.15) is 5.75 Å². The zero-order chi connectivity index (χ0) is 13.8. The van der Waals surface area contributed by atoms with Crippen LogP contribution in [0, 0.1) is 5.92 Å². The molecule has 0 spiro atoms. The molecule has 3 heteroatoms. The van der Waals surface area contributed by atoms with Crippen LogP contribution in [-0.4, -0.2) is 25.5 Å². The minimum atomic E-state index is 0.245. The molecule has 1 fully saturated rings. The molecule has 2 heterocycles. The van der Waals surface area contributed by atoms with Crippen molar-refractivity contribution in [2.75, 3.05) is 19.7 Å². The van der Waals surface area contributed by atoms with Crippen LogP contribution >= 0.6 is 0 Å². The maximum atomic E-state index is 12.5. The molecule has 0 bridgehead atoms. The van der Waals surface area contributed by atoms with Gasteiger partial charge in [0.05, 0.1) is 12.2 Å². The van der Waals surface area contributed by atoms with Crippen molar-refractivity contribution in [2.45, 2.75) is 38.5 Å². The molecule has 0 saturated carbocycles. The van der Waals surface area contributed by atoms with E-state index in [1.54, 1.807) is 0 Å². The van der Waals surface area contributed by atoms with Crippen LogP contribution in [-0.2, 0) is 6.42 Å². The van der Waals surface area contributed by atoms with Gasteiger partial charge in [-0.1, -0.05) is 12.1 Å². The number of para-hydroxylation sites is 1. The van der Waals surface area contributed by atoms with E-state index in [2.05, 4.69) is 11.4 Å². The van der Waals surface area contributed by atoms with Crippen molar-refractivity contribution in [1.29, 1.82) is 0 Å². The van der Waals surface area contributed by atoms with E-state index in [1.165, 1.54) is 18.4 Å². The number of aryl methyl sites for hydroxylation is 1. The first-order valence-corrected chi connectivity index (χ1v) is 7.83. The van der Waals surface area contributed by atoms with Crippen LogP contribution in [0.5, 0.6) is 5.75 Å². The number of fused-ring (bicyclic) bond motifs is 1. The van der Waals surface area contributed by atoms with Crippen molar-refractivity contribution in [2.24, 2.45) is 5.92 Å². The Balaban J connectivity index is 1.64. The number of benzene rings is 1. The number of Topliss-reactive ketones (excluding diaryl/α,β-unsaturated/α-hetero) is 1. The Morgan fingerprint density at radius 3 is 3.15 bits per heavy atom. The van der Waals surface area contributed by atoms with Gasteiger partial charge in [-0.05, 0) is 62.7 Å². The van der Waals surface area contributed by atoms with Gasteiger partial charge in [-0.3, -0.25) is 4.79 Å². The summed E-state index contributed by atoms with van der Waals surface area (Å²) in [5, 5.41) is 3.41. The van der Waals surface area contributed by atoms with E-state index in [0.29, 0.717) is 12.3 Å². The molecule has 1 aromatic rings. The fourth-order valence-electron chi connectivity index (χ4n) is 3.25. The zero-order valence-corrected chi connectivity index (χ0v) is 12.0. The molecule has 1 atom stereocenters. The predicted molar refractivity (Wildman–Crippen MR) is 79.4 cm³/mol. The average molecular weight is 273 g/mol. The summed E-state index contributed by atoms with van der Waals surface area (Å²) in [6, 6.07) is 5.99.